The standard InChI is InChI=1S/C13H21N3O/c1-3-16(2)9-8-13(17)15-12-6-4-11(10-14)5-7-12/h4-7H,3,8-10,14H2,1-2H3,(H,15,17). The van der Waals surface area contributed by atoms with Crippen LogP contribution in [0.25, 0.3) is 0 Å². The Balaban J connectivity index is 2.39. The third kappa shape index (κ3) is 4.97. The van der Waals surface area contributed by atoms with E-state index >= 15 is 0 Å². The van der Waals surface area contributed by atoms with Crippen LogP contribution in [-0.4, -0.2) is 30.9 Å². The molecular weight excluding hydrogens is 214 g/mol. The molecule has 1 rings (SSSR count). The number of nitrogens with one attached hydrogen (secondary N) is 1. The van der Waals surface area contributed by atoms with Gasteiger partial charge in [-0.2, -0.15) is 0 Å². The number of nitrogens with two attached hydrogens (primary N) is 1. The lowest BCUT2D eigenvalue weighted by atomic mass is 10.2. The number of rotatable bonds is 6. The Bertz CT molecular complexity index is 348. The van der Waals surface area contributed by atoms with Crippen LogP contribution < -0.4 is 11.1 Å². The molecule has 0 bridgehead atoms. The number of nitrogens with zero attached hydrogens (tertiary/aromatic N) is 1. The molecule has 94 valence electrons. The Morgan fingerprint density at radius 3 is 2.53 bits per heavy atom. The van der Waals surface area contributed by atoms with Crippen LogP contribution in [-0.2, 0) is 11.3 Å². The molecule has 0 spiro atoms. The summed E-state index contributed by atoms with van der Waals surface area (Å²) in [5.41, 5.74) is 7.39. The molecule has 0 aliphatic carbocycles. The lowest BCUT2D eigenvalue weighted by molar-refractivity contribution is -0.116. The van der Waals surface area contributed by atoms with E-state index in [0.717, 1.165) is 24.3 Å². The van der Waals surface area contributed by atoms with Crippen LogP contribution >= 0.6 is 0 Å². The Labute approximate surface area is 103 Å². The fourth-order valence-electron chi connectivity index (χ4n) is 1.40. The van der Waals surface area contributed by atoms with E-state index in [2.05, 4.69) is 17.1 Å². The maximum absolute atomic E-state index is 11.6. The van der Waals surface area contributed by atoms with Crippen LogP contribution in [0, 0.1) is 0 Å². The van der Waals surface area contributed by atoms with Crippen molar-refractivity contribution < 1.29 is 4.79 Å². The molecule has 0 fully saturated rings. The highest BCUT2D eigenvalue weighted by atomic mass is 16.1. The Hall–Kier alpha value is -1.39. The SMILES string of the molecule is CCN(C)CCC(=O)Nc1ccc(CN)cc1. The third-order valence-electron chi connectivity index (χ3n) is 2.73. The van der Waals surface area contributed by atoms with Gasteiger partial charge in [-0.3, -0.25) is 4.79 Å². The van der Waals surface area contributed by atoms with E-state index in [0.29, 0.717) is 13.0 Å². The molecule has 17 heavy (non-hydrogen) atoms. The molecular formula is C13H21N3O. The molecule has 0 unspecified atom stereocenters. The quantitative estimate of drug-likeness (QED) is 0.784. The van der Waals surface area contributed by atoms with Gasteiger partial charge in [-0.25, -0.2) is 0 Å². The summed E-state index contributed by atoms with van der Waals surface area (Å²) in [5, 5.41) is 2.87. The lowest BCUT2D eigenvalue weighted by Crippen LogP contribution is -2.23. The van der Waals surface area contributed by atoms with Gasteiger partial charge in [-0.05, 0) is 31.3 Å². The molecule has 0 aliphatic rings. The highest BCUT2D eigenvalue weighted by Crippen LogP contribution is 2.09. The number of hydrogen-bond acceptors (Lipinski definition) is 3. The molecule has 4 nitrogen and oxygen atoms in total. The Morgan fingerprint density at radius 1 is 1.35 bits per heavy atom. The molecule has 0 radical (unpaired) electrons. The van der Waals surface area contributed by atoms with E-state index in [9.17, 15) is 4.79 Å². The fraction of sp³-hybridized carbons (Fsp3) is 0.462. The van der Waals surface area contributed by atoms with Crippen molar-refractivity contribution in [3.63, 3.8) is 0 Å². The minimum absolute atomic E-state index is 0.0470. The number of benzene rings is 1. The predicted octanol–water partition coefficient (Wildman–Crippen LogP) is 1.43. The number of carbonyl (C=O) groups is 1. The Morgan fingerprint density at radius 2 is 2.00 bits per heavy atom. The molecule has 1 aromatic rings. The van der Waals surface area contributed by atoms with Crippen molar-refractivity contribution in [2.75, 3.05) is 25.5 Å². The van der Waals surface area contributed by atoms with Crippen molar-refractivity contribution in [1.82, 2.24) is 4.90 Å². The largest absolute Gasteiger partial charge is 0.326 e. The summed E-state index contributed by atoms with van der Waals surface area (Å²) >= 11 is 0. The second kappa shape index (κ2) is 7.04. The minimum atomic E-state index is 0.0470. The number of amides is 1. The van der Waals surface area contributed by atoms with Gasteiger partial charge in [0.15, 0.2) is 0 Å². The van der Waals surface area contributed by atoms with Crippen LogP contribution in [0.1, 0.15) is 18.9 Å². The van der Waals surface area contributed by atoms with E-state index in [-0.39, 0.29) is 5.91 Å². The van der Waals surface area contributed by atoms with Gasteiger partial charge < -0.3 is 16.0 Å². The summed E-state index contributed by atoms with van der Waals surface area (Å²) < 4.78 is 0. The molecule has 4 heteroatoms. The normalized spacial score (nSPS) is 10.6. The van der Waals surface area contributed by atoms with Gasteiger partial charge in [0, 0.05) is 25.2 Å². The highest BCUT2D eigenvalue weighted by Gasteiger charge is 2.03. The van der Waals surface area contributed by atoms with Crippen LogP contribution in [0.2, 0.25) is 0 Å². The van der Waals surface area contributed by atoms with Crippen LogP contribution in [0.4, 0.5) is 5.69 Å². The summed E-state index contributed by atoms with van der Waals surface area (Å²) in [6.07, 6.45) is 0.517. The van der Waals surface area contributed by atoms with Gasteiger partial charge in [0.2, 0.25) is 5.91 Å². The van der Waals surface area contributed by atoms with Crippen molar-refractivity contribution in [2.45, 2.75) is 19.9 Å². The maximum Gasteiger partial charge on any atom is 0.225 e. The second-order valence-corrected chi connectivity index (χ2v) is 4.10. The zero-order valence-corrected chi connectivity index (χ0v) is 10.6. The molecule has 0 aliphatic heterocycles. The lowest BCUT2D eigenvalue weighted by Gasteiger charge is -2.13. The second-order valence-electron chi connectivity index (χ2n) is 4.10. The van der Waals surface area contributed by atoms with E-state index in [1.807, 2.05) is 31.3 Å². The van der Waals surface area contributed by atoms with Gasteiger partial charge in [0.25, 0.3) is 0 Å². The van der Waals surface area contributed by atoms with Gasteiger partial charge in [0.1, 0.15) is 0 Å². The first-order chi connectivity index (χ1) is 8.15. The van der Waals surface area contributed by atoms with Crippen molar-refractivity contribution in [3.8, 4) is 0 Å². The van der Waals surface area contributed by atoms with Gasteiger partial charge in [-0.1, -0.05) is 19.1 Å². The van der Waals surface area contributed by atoms with Crippen LogP contribution in [0.5, 0.6) is 0 Å². The van der Waals surface area contributed by atoms with Crippen molar-refractivity contribution in [3.05, 3.63) is 29.8 Å². The van der Waals surface area contributed by atoms with Crippen LogP contribution in [0.15, 0.2) is 24.3 Å². The predicted molar refractivity (Wildman–Crippen MR) is 70.8 cm³/mol. The average Bonchev–Trinajstić information content (AvgIpc) is 2.36. The smallest absolute Gasteiger partial charge is 0.225 e. The topological polar surface area (TPSA) is 58.4 Å². The van der Waals surface area contributed by atoms with Crippen molar-refractivity contribution >= 4 is 11.6 Å². The molecule has 0 saturated carbocycles. The number of carbonyl (C=O) groups excluding carboxylic acids is 1. The average molecular weight is 235 g/mol. The molecule has 0 aromatic heterocycles. The first-order valence-corrected chi connectivity index (χ1v) is 5.93. The zero-order chi connectivity index (χ0) is 12.7. The summed E-state index contributed by atoms with van der Waals surface area (Å²) in [4.78, 5) is 13.7. The van der Waals surface area contributed by atoms with Gasteiger partial charge in [-0.15, -0.1) is 0 Å². The van der Waals surface area contributed by atoms with Gasteiger partial charge in [0.05, 0.1) is 0 Å². The van der Waals surface area contributed by atoms with E-state index in [1.165, 1.54) is 0 Å². The molecule has 0 saturated heterocycles. The molecule has 1 aromatic carbocycles. The highest BCUT2D eigenvalue weighted by molar-refractivity contribution is 5.90. The van der Waals surface area contributed by atoms with Crippen molar-refractivity contribution in [1.29, 1.82) is 0 Å². The molecule has 3 N–H and O–H groups in total. The summed E-state index contributed by atoms with van der Waals surface area (Å²) in [7, 11) is 2.00. The zero-order valence-electron chi connectivity index (χ0n) is 10.6. The third-order valence-corrected chi connectivity index (χ3v) is 2.73. The first kappa shape index (κ1) is 13.7. The fourth-order valence-corrected chi connectivity index (χ4v) is 1.40. The molecule has 0 atom stereocenters. The summed E-state index contributed by atoms with van der Waals surface area (Å²) in [6, 6.07) is 7.61. The Kier molecular flexibility index (Phi) is 5.66. The van der Waals surface area contributed by atoms with Crippen LogP contribution in [0.3, 0.4) is 0 Å². The monoisotopic (exact) mass is 235 g/mol. The van der Waals surface area contributed by atoms with Gasteiger partial charge >= 0.3 is 0 Å². The summed E-state index contributed by atoms with van der Waals surface area (Å²) in [5.74, 6) is 0.0470. The molecule has 1 amide bonds. The van der Waals surface area contributed by atoms with E-state index in [1.54, 1.807) is 0 Å². The first-order valence-electron chi connectivity index (χ1n) is 5.93. The molecule has 0 heterocycles. The number of anilines is 1. The number of hydrogen-bond donors (Lipinski definition) is 2. The maximum atomic E-state index is 11.6. The van der Waals surface area contributed by atoms with Crippen molar-refractivity contribution in [2.24, 2.45) is 5.73 Å². The summed E-state index contributed by atoms with van der Waals surface area (Å²) in [6.45, 7) is 4.33. The minimum Gasteiger partial charge on any atom is -0.326 e. The van der Waals surface area contributed by atoms with E-state index in [4.69, 9.17) is 5.73 Å². The van der Waals surface area contributed by atoms with E-state index < -0.39 is 0 Å².